The van der Waals surface area contributed by atoms with Crippen LogP contribution in [0.2, 0.25) is 0 Å². The summed E-state index contributed by atoms with van der Waals surface area (Å²) in [5, 5.41) is 0. The average Bonchev–Trinajstić information content (AvgIpc) is 2.27. The molecule has 0 N–H and O–H groups in total. The minimum Gasteiger partial charge on any atom is -0.322 e. The van der Waals surface area contributed by atoms with Crippen LogP contribution in [0, 0.1) is 11.8 Å². The Kier molecular flexibility index (Phi) is 2.98. The molecule has 0 amide bonds. The molecular formula is C16H22NO+. The molecule has 1 aliphatic carbocycles. The number of hydrogen-bond donors (Lipinski definition) is 0. The van der Waals surface area contributed by atoms with Gasteiger partial charge in [0.1, 0.15) is 12.3 Å². The van der Waals surface area contributed by atoms with Gasteiger partial charge in [0.2, 0.25) is 0 Å². The summed E-state index contributed by atoms with van der Waals surface area (Å²) in [7, 11) is 2.36. The maximum absolute atomic E-state index is 11.6. The Balaban J connectivity index is 1.74. The van der Waals surface area contributed by atoms with Gasteiger partial charge in [-0.25, -0.2) is 0 Å². The van der Waals surface area contributed by atoms with Crippen molar-refractivity contribution < 1.29 is 9.28 Å². The van der Waals surface area contributed by atoms with Crippen LogP contribution >= 0.6 is 0 Å². The predicted molar refractivity (Wildman–Crippen MR) is 71.9 cm³/mol. The number of nitrogens with zero attached hydrogens (tertiary/aromatic N) is 1. The summed E-state index contributed by atoms with van der Waals surface area (Å²) in [5.74, 6) is 1.78. The summed E-state index contributed by atoms with van der Waals surface area (Å²) in [6.45, 7) is 3.47. The molecule has 2 bridgehead atoms. The fourth-order valence-electron chi connectivity index (χ4n) is 4.12. The second kappa shape index (κ2) is 4.51. The first kappa shape index (κ1) is 11.9. The highest BCUT2D eigenvalue weighted by molar-refractivity contribution is 5.79. The zero-order valence-electron chi connectivity index (χ0n) is 11.1. The maximum Gasteiger partial charge on any atom is 0.133 e. The second-order valence-electron chi connectivity index (χ2n) is 6.54. The van der Waals surface area contributed by atoms with Gasteiger partial charge in [0.05, 0.1) is 20.1 Å². The number of fused-ring (bicyclic) bond motifs is 2. The number of carbonyl (C=O) groups is 1. The number of benzene rings is 1. The lowest BCUT2D eigenvalue weighted by molar-refractivity contribution is -0.934. The molecule has 2 nitrogen and oxygen atoms in total. The molecule has 1 aliphatic heterocycles. The Morgan fingerprint density at radius 1 is 1.11 bits per heavy atom. The second-order valence-corrected chi connectivity index (χ2v) is 6.54. The van der Waals surface area contributed by atoms with Gasteiger partial charge in [-0.05, 0) is 6.42 Å². The first-order valence-electron chi connectivity index (χ1n) is 7.02. The van der Waals surface area contributed by atoms with Crippen molar-refractivity contribution in [1.29, 1.82) is 0 Å². The Hall–Kier alpha value is -1.15. The number of quaternary nitrogens is 1. The molecular weight excluding hydrogens is 222 g/mol. The lowest BCUT2D eigenvalue weighted by Crippen LogP contribution is -2.55. The Morgan fingerprint density at radius 2 is 1.72 bits per heavy atom. The van der Waals surface area contributed by atoms with Crippen LogP contribution in [0.3, 0.4) is 0 Å². The van der Waals surface area contributed by atoms with Gasteiger partial charge in [-0.2, -0.15) is 0 Å². The molecule has 2 heteroatoms. The largest absolute Gasteiger partial charge is 0.322 e. The highest BCUT2D eigenvalue weighted by atomic mass is 16.1. The third-order valence-corrected chi connectivity index (χ3v) is 4.50. The number of likely N-dealkylation sites (tertiary alicyclic amines) is 1. The van der Waals surface area contributed by atoms with Gasteiger partial charge in [0, 0.05) is 30.2 Å². The number of hydrogen-bond acceptors (Lipinski definition) is 1. The molecule has 1 aromatic rings. The lowest BCUT2D eigenvalue weighted by Gasteiger charge is -2.46. The zero-order chi connectivity index (χ0) is 12.6. The highest BCUT2D eigenvalue weighted by Gasteiger charge is 2.41. The van der Waals surface area contributed by atoms with Crippen molar-refractivity contribution in [3.05, 3.63) is 35.9 Å². The van der Waals surface area contributed by atoms with E-state index in [1.54, 1.807) is 0 Å². The fourth-order valence-corrected chi connectivity index (χ4v) is 4.12. The Bertz CT molecular complexity index is 424. The molecule has 2 atom stereocenters. The summed E-state index contributed by atoms with van der Waals surface area (Å²) in [5.41, 5.74) is 1.42. The van der Waals surface area contributed by atoms with Gasteiger partial charge in [-0.1, -0.05) is 30.3 Å². The van der Waals surface area contributed by atoms with Gasteiger partial charge in [0.15, 0.2) is 0 Å². The van der Waals surface area contributed by atoms with Gasteiger partial charge in [-0.15, -0.1) is 0 Å². The fraction of sp³-hybridized carbons (Fsp3) is 0.562. The minimum atomic E-state index is 0.502. The van der Waals surface area contributed by atoms with E-state index in [2.05, 4.69) is 37.4 Å². The quantitative estimate of drug-likeness (QED) is 0.731. The van der Waals surface area contributed by atoms with Crippen molar-refractivity contribution in [2.45, 2.75) is 25.8 Å². The predicted octanol–water partition coefficient (Wildman–Crippen LogP) is 2.63. The summed E-state index contributed by atoms with van der Waals surface area (Å²) in [6.07, 6.45) is 2.95. The van der Waals surface area contributed by atoms with Crippen LogP contribution in [-0.2, 0) is 11.3 Å². The molecule has 1 saturated carbocycles. The van der Waals surface area contributed by atoms with E-state index >= 15 is 0 Å². The van der Waals surface area contributed by atoms with E-state index in [-0.39, 0.29) is 0 Å². The van der Waals surface area contributed by atoms with E-state index in [1.807, 2.05) is 0 Å². The number of carbonyl (C=O) groups excluding carboxylic acids is 1. The SMILES string of the molecule is C[N+]1(Cc2ccccc2)C[C@H]2CC(=O)C[C@@H](C2)C1. The maximum atomic E-state index is 11.6. The molecule has 18 heavy (non-hydrogen) atoms. The van der Waals surface area contributed by atoms with E-state index < -0.39 is 0 Å². The van der Waals surface area contributed by atoms with Crippen LogP contribution in [0.1, 0.15) is 24.8 Å². The molecule has 1 saturated heterocycles. The summed E-state index contributed by atoms with van der Waals surface area (Å²) >= 11 is 0. The van der Waals surface area contributed by atoms with Crippen molar-refractivity contribution >= 4 is 5.78 Å². The van der Waals surface area contributed by atoms with Crippen molar-refractivity contribution in [2.24, 2.45) is 11.8 Å². The Labute approximate surface area is 109 Å². The first-order chi connectivity index (χ1) is 8.63. The third-order valence-electron chi connectivity index (χ3n) is 4.50. The van der Waals surface area contributed by atoms with Crippen LogP contribution in [-0.4, -0.2) is 30.4 Å². The highest BCUT2D eigenvalue weighted by Crippen LogP contribution is 2.36. The molecule has 3 rings (SSSR count). The summed E-state index contributed by atoms with van der Waals surface area (Å²) in [4.78, 5) is 11.6. The molecule has 2 aliphatic rings. The first-order valence-corrected chi connectivity index (χ1v) is 7.02. The van der Waals surface area contributed by atoms with Gasteiger partial charge < -0.3 is 4.48 Å². The van der Waals surface area contributed by atoms with Crippen molar-refractivity contribution in [3.8, 4) is 0 Å². The number of Topliss-reactive ketones (excluding diaryl/α,β-unsaturated/α-hetero) is 1. The van der Waals surface area contributed by atoms with Gasteiger partial charge in [-0.3, -0.25) is 4.79 Å². The van der Waals surface area contributed by atoms with E-state index in [9.17, 15) is 4.79 Å². The van der Waals surface area contributed by atoms with Gasteiger partial charge in [0.25, 0.3) is 0 Å². The van der Waals surface area contributed by atoms with Crippen LogP contribution in [0.15, 0.2) is 30.3 Å². The van der Waals surface area contributed by atoms with E-state index in [0.29, 0.717) is 17.6 Å². The monoisotopic (exact) mass is 244 g/mol. The molecule has 0 unspecified atom stereocenters. The normalized spacial score (nSPS) is 35.5. The molecule has 1 aromatic carbocycles. The van der Waals surface area contributed by atoms with Crippen molar-refractivity contribution in [1.82, 2.24) is 0 Å². The molecule has 0 radical (unpaired) electrons. The van der Waals surface area contributed by atoms with Crippen LogP contribution in [0.4, 0.5) is 0 Å². The van der Waals surface area contributed by atoms with Crippen LogP contribution in [0.5, 0.6) is 0 Å². The third kappa shape index (κ3) is 2.49. The number of ketones is 1. The van der Waals surface area contributed by atoms with Gasteiger partial charge >= 0.3 is 0 Å². The minimum absolute atomic E-state index is 0.502. The van der Waals surface area contributed by atoms with Crippen molar-refractivity contribution in [2.75, 3.05) is 20.1 Å². The standard InChI is InChI=1S/C16H22NO/c1-17(10-13-5-3-2-4-6-13)11-14-7-15(12-17)9-16(18)8-14/h2-6,14-15H,7-12H2,1H3/q+1/t14-,15-/m1/s1. The molecule has 2 fully saturated rings. The number of piperidine rings is 1. The molecule has 1 heterocycles. The van der Waals surface area contributed by atoms with E-state index in [4.69, 9.17) is 0 Å². The smallest absolute Gasteiger partial charge is 0.133 e. The summed E-state index contributed by atoms with van der Waals surface area (Å²) in [6, 6.07) is 10.8. The lowest BCUT2D eigenvalue weighted by atomic mass is 9.76. The van der Waals surface area contributed by atoms with E-state index in [0.717, 1.165) is 23.9 Å². The van der Waals surface area contributed by atoms with Crippen LogP contribution in [0.25, 0.3) is 0 Å². The Morgan fingerprint density at radius 3 is 2.33 bits per heavy atom. The zero-order valence-corrected chi connectivity index (χ0v) is 11.1. The molecule has 96 valence electrons. The number of rotatable bonds is 2. The van der Waals surface area contributed by atoms with E-state index in [1.165, 1.54) is 25.1 Å². The topological polar surface area (TPSA) is 17.1 Å². The molecule has 0 aromatic heterocycles. The average molecular weight is 244 g/mol. The molecule has 0 spiro atoms. The summed E-state index contributed by atoms with van der Waals surface area (Å²) < 4.78 is 1.12. The van der Waals surface area contributed by atoms with Crippen molar-refractivity contribution in [3.63, 3.8) is 0 Å². The van der Waals surface area contributed by atoms with Crippen LogP contribution < -0.4 is 0 Å².